The normalized spacial score (nSPS) is 13.9. The number of aromatic nitrogens is 2. The molecule has 2 rings (SSSR count). The topological polar surface area (TPSA) is 109 Å². The smallest absolute Gasteiger partial charge is 0.248 e. The molecule has 0 saturated carbocycles. The number of nitrogens with zero attached hydrogens (tertiary/aromatic N) is 3. The molecular formula is C16H26IN5O3. The highest BCUT2D eigenvalue weighted by atomic mass is 127. The first-order valence-corrected chi connectivity index (χ1v) is 7.93. The molecule has 9 heteroatoms. The Bertz CT molecular complexity index is 708. The standard InChI is InChI=1S/C16H25N5O3.HI/c1-6-17-15(18-8-14-20-12(4)21-24-14)19-9-16(5,22)13-7-10(2)23-11(13)3;/h7,22H,6,8-9H2,1-5H3,(H2,17,18,19);1H. The highest BCUT2D eigenvalue weighted by molar-refractivity contribution is 14.0. The van der Waals surface area contributed by atoms with Crippen LogP contribution in [0, 0.1) is 20.8 Å². The van der Waals surface area contributed by atoms with Crippen LogP contribution in [-0.2, 0) is 12.1 Å². The number of aryl methyl sites for hydroxylation is 3. The molecule has 0 radical (unpaired) electrons. The summed E-state index contributed by atoms with van der Waals surface area (Å²) in [5, 5.41) is 20.7. The molecule has 140 valence electrons. The molecular weight excluding hydrogens is 437 g/mol. The zero-order valence-corrected chi connectivity index (χ0v) is 17.5. The molecule has 0 aliphatic rings. The van der Waals surface area contributed by atoms with Crippen molar-refractivity contribution < 1.29 is 14.0 Å². The largest absolute Gasteiger partial charge is 0.466 e. The maximum Gasteiger partial charge on any atom is 0.248 e. The predicted molar refractivity (Wildman–Crippen MR) is 105 cm³/mol. The number of hydrogen-bond donors (Lipinski definition) is 3. The van der Waals surface area contributed by atoms with Crippen LogP contribution in [0.4, 0.5) is 0 Å². The fourth-order valence-corrected chi connectivity index (χ4v) is 2.41. The lowest BCUT2D eigenvalue weighted by atomic mass is 9.96. The molecule has 0 spiro atoms. The van der Waals surface area contributed by atoms with E-state index in [2.05, 4.69) is 25.8 Å². The average molecular weight is 463 g/mol. The Morgan fingerprint density at radius 2 is 2.04 bits per heavy atom. The van der Waals surface area contributed by atoms with E-state index >= 15 is 0 Å². The maximum absolute atomic E-state index is 10.7. The van der Waals surface area contributed by atoms with Gasteiger partial charge in [-0.05, 0) is 40.7 Å². The molecule has 0 saturated heterocycles. The van der Waals surface area contributed by atoms with Crippen molar-refractivity contribution >= 4 is 29.9 Å². The minimum atomic E-state index is -1.08. The van der Waals surface area contributed by atoms with Crippen molar-refractivity contribution in [1.29, 1.82) is 0 Å². The number of nitrogens with one attached hydrogen (secondary N) is 2. The fourth-order valence-electron chi connectivity index (χ4n) is 2.41. The zero-order chi connectivity index (χ0) is 17.7. The van der Waals surface area contributed by atoms with Gasteiger partial charge in [-0.25, -0.2) is 4.99 Å². The summed E-state index contributed by atoms with van der Waals surface area (Å²) in [6, 6.07) is 1.85. The van der Waals surface area contributed by atoms with E-state index in [-0.39, 0.29) is 37.1 Å². The van der Waals surface area contributed by atoms with Gasteiger partial charge in [-0.2, -0.15) is 4.98 Å². The second-order valence-corrected chi connectivity index (χ2v) is 5.88. The lowest BCUT2D eigenvalue weighted by Gasteiger charge is -2.24. The van der Waals surface area contributed by atoms with E-state index in [0.29, 0.717) is 30.0 Å². The molecule has 2 aromatic rings. The van der Waals surface area contributed by atoms with E-state index in [0.717, 1.165) is 11.3 Å². The van der Waals surface area contributed by atoms with Crippen LogP contribution in [0.1, 0.15) is 42.6 Å². The van der Waals surface area contributed by atoms with Gasteiger partial charge >= 0.3 is 0 Å². The molecule has 0 aromatic carbocycles. The summed E-state index contributed by atoms with van der Waals surface area (Å²) in [5.41, 5.74) is -0.324. The van der Waals surface area contributed by atoms with Gasteiger partial charge in [-0.1, -0.05) is 5.16 Å². The Kier molecular flexibility index (Phi) is 7.87. The Morgan fingerprint density at radius 1 is 1.32 bits per heavy atom. The summed E-state index contributed by atoms with van der Waals surface area (Å²) in [6.07, 6.45) is 0. The van der Waals surface area contributed by atoms with Crippen LogP contribution < -0.4 is 10.6 Å². The molecule has 2 heterocycles. The monoisotopic (exact) mass is 463 g/mol. The number of guanidine groups is 1. The van der Waals surface area contributed by atoms with Crippen LogP contribution >= 0.6 is 24.0 Å². The third kappa shape index (κ3) is 5.99. The van der Waals surface area contributed by atoms with Crippen molar-refractivity contribution in [3.63, 3.8) is 0 Å². The SMILES string of the molecule is CCNC(=NCc1nc(C)no1)NCC(C)(O)c1cc(C)oc1C.I. The lowest BCUT2D eigenvalue weighted by Crippen LogP contribution is -2.44. The van der Waals surface area contributed by atoms with Gasteiger partial charge in [-0.15, -0.1) is 24.0 Å². The van der Waals surface area contributed by atoms with Gasteiger partial charge in [0.2, 0.25) is 5.89 Å². The minimum absolute atomic E-state index is 0. The molecule has 0 bridgehead atoms. The average Bonchev–Trinajstić information content (AvgIpc) is 3.07. The molecule has 3 N–H and O–H groups in total. The zero-order valence-electron chi connectivity index (χ0n) is 15.2. The Morgan fingerprint density at radius 3 is 2.56 bits per heavy atom. The van der Waals surface area contributed by atoms with E-state index in [1.54, 1.807) is 13.8 Å². The summed E-state index contributed by atoms with van der Waals surface area (Å²) in [5.74, 6) is 3.06. The van der Waals surface area contributed by atoms with Gasteiger partial charge in [0.1, 0.15) is 23.7 Å². The van der Waals surface area contributed by atoms with Gasteiger partial charge in [0, 0.05) is 12.1 Å². The number of hydrogen-bond acceptors (Lipinski definition) is 6. The first kappa shape index (κ1) is 21.4. The van der Waals surface area contributed by atoms with Gasteiger partial charge in [-0.3, -0.25) is 0 Å². The maximum atomic E-state index is 10.7. The third-order valence-electron chi connectivity index (χ3n) is 3.51. The van der Waals surface area contributed by atoms with Crippen LogP contribution in [0.5, 0.6) is 0 Å². The van der Waals surface area contributed by atoms with Crippen LogP contribution in [-0.4, -0.2) is 34.3 Å². The number of rotatable bonds is 6. The number of furan rings is 1. The highest BCUT2D eigenvalue weighted by Gasteiger charge is 2.27. The van der Waals surface area contributed by atoms with E-state index in [9.17, 15) is 5.11 Å². The van der Waals surface area contributed by atoms with Gasteiger partial charge in [0.25, 0.3) is 0 Å². The van der Waals surface area contributed by atoms with Crippen LogP contribution in [0.2, 0.25) is 0 Å². The van der Waals surface area contributed by atoms with Crippen molar-refractivity contribution in [2.45, 2.75) is 46.8 Å². The fraction of sp³-hybridized carbons (Fsp3) is 0.562. The first-order valence-electron chi connectivity index (χ1n) is 7.93. The van der Waals surface area contributed by atoms with Crippen molar-refractivity contribution in [1.82, 2.24) is 20.8 Å². The Labute approximate surface area is 164 Å². The van der Waals surface area contributed by atoms with Crippen LogP contribution in [0.15, 0.2) is 20.0 Å². The van der Waals surface area contributed by atoms with Crippen molar-refractivity contribution in [3.05, 3.63) is 34.9 Å². The van der Waals surface area contributed by atoms with Crippen LogP contribution in [0.3, 0.4) is 0 Å². The molecule has 1 atom stereocenters. The molecule has 1 unspecified atom stereocenters. The first-order chi connectivity index (χ1) is 11.3. The summed E-state index contributed by atoms with van der Waals surface area (Å²) in [4.78, 5) is 8.50. The van der Waals surface area contributed by atoms with E-state index in [1.165, 1.54) is 0 Å². The van der Waals surface area contributed by atoms with Crippen molar-refractivity contribution in [2.75, 3.05) is 13.1 Å². The summed E-state index contributed by atoms with van der Waals surface area (Å²) >= 11 is 0. The molecule has 2 aromatic heterocycles. The summed E-state index contributed by atoms with van der Waals surface area (Å²) < 4.78 is 10.5. The van der Waals surface area contributed by atoms with Gasteiger partial charge in [0.05, 0.1) is 6.54 Å². The molecule has 0 aliphatic heterocycles. The van der Waals surface area contributed by atoms with E-state index in [4.69, 9.17) is 8.94 Å². The van der Waals surface area contributed by atoms with E-state index < -0.39 is 5.60 Å². The van der Waals surface area contributed by atoms with Gasteiger partial charge < -0.3 is 24.7 Å². The molecule has 25 heavy (non-hydrogen) atoms. The van der Waals surface area contributed by atoms with Crippen molar-refractivity contribution in [2.24, 2.45) is 4.99 Å². The molecule has 0 amide bonds. The number of aliphatic hydroxyl groups is 1. The second kappa shape index (κ2) is 9.18. The molecule has 0 aliphatic carbocycles. The van der Waals surface area contributed by atoms with Gasteiger partial charge in [0.15, 0.2) is 11.8 Å². The Balaban J connectivity index is 0.00000312. The quantitative estimate of drug-likeness (QED) is 0.342. The third-order valence-corrected chi connectivity index (χ3v) is 3.51. The predicted octanol–water partition coefficient (Wildman–Crippen LogP) is 2.17. The summed E-state index contributed by atoms with van der Waals surface area (Å²) in [6.45, 7) is 10.4. The minimum Gasteiger partial charge on any atom is -0.466 e. The number of aliphatic imine (C=N–C) groups is 1. The van der Waals surface area contributed by atoms with Crippen molar-refractivity contribution in [3.8, 4) is 0 Å². The molecule has 0 fully saturated rings. The Hall–Kier alpha value is -1.62. The highest BCUT2D eigenvalue weighted by Crippen LogP contribution is 2.26. The second-order valence-electron chi connectivity index (χ2n) is 5.88. The van der Waals surface area contributed by atoms with E-state index in [1.807, 2.05) is 26.8 Å². The number of halogens is 1. The molecule has 8 nitrogen and oxygen atoms in total. The van der Waals surface area contributed by atoms with Crippen LogP contribution in [0.25, 0.3) is 0 Å². The summed E-state index contributed by atoms with van der Waals surface area (Å²) in [7, 11) is 0. The lowest BCUT2D eigenvalue weighted by molar-refractivity contribution is 0.0601.